The topological polar surface area (TPSA) is 102 Å². The van der Waals surface area contributed by atoms with E-state index >= 15 is 0 Å². The first-order valence-electron chi connectivity index (χ1n) is 7.09. The summed E-state index contributed by atoms with van der Waals surface area (Å²) in [5.41, 5.74) is 6.28. The summed E-state index contributed by atoms with van der Waals surface area (Å²) in [6.45, 7) is 2.38. The molecule has 7 heteroatoms. The molecule has 114 valence electrons. The lowest BCUT2D eigenvalue weighted by molar-refractivity contribution is 0.0954. The lowest BCUT2D eigenvalue weighted by Gasteiger charge is -2.09. The summed E-state index contributed by atoms with van der Waals surface area (Å²) in [5, 5.41) is 5.73. The van der Waals surface area contributed by atoms with Gasteiger partial charge in [-0.05, 0) is 25.0 Å². The van der Waals surface area contributed by atoms with Gasteiger partial charge in [0, 0.05) is 32.1 Å². The number of nitrogens with zero attached hydrogens (tertiary/aromatic N) is 2. The van der Waals surface area contributed by atoms with Gasteiger partial charge in [0.2, 0.25) is 0 Å². The van der Waals surface area contributed by atoms with Crippen LogP contribution in [0.15, 0.2) is 29.5 Å². The zero-order valence-electron chi connectivity index (χ0n) is 11.9. The maximum Gasteiger partial charge on any atom is 0.252 e. The molecule has 1 aromatic heterocycles. The Balaban J connectivity index is 1.60. The van der Waals surface area contributed by atoms with E-state index in [0.717, 1.165) is 19.4 Å². The van der Waals surface area contributed by atoms with E-state index in [1.165, 1.54) is 6.20 Å². The van der Waals surface area contributed by atoms with Crippen molar-refractivity contribution in [1.29, 1.82) is 0 Å². The van der Waals surface area contributed by atoms with Gasteiger partial charge in [-0.1, -0.05) is 0 Å². The van der Waals surface area contributed by atoms with Crippen LogP contribution in [0.1, 0.15) is 23.2 Å². The highest BCUT2D eigenvalue weighted by molar-refractivity contribution is 5.93. The predicted octanol–water partition coefficient (Wildman–Crippen LogP) is -0.105. The molecule has 0 radical (unpaired) electrons. The first-order valence-corrected chi connectivity index (χ1v) is 7.09. The summed E-state index contributed by atoms with van der Waals surface area (Å²) in [4.78, 5) is 19.8. The minimum absolute atomic E-state index is 0.153. The van der Waals surface area contributed by atoms with Crippen molar-refractivity contribution in [2.45, 2.75) is 18.9 Å². The quantitative estimate of drug-likeness (QED) is 0.386. The third kappa shape index (κ3) is 5.39. The summed E-state index contributed by atoms with van der Waals surface area (Å²) < 4.78 is 5.46. The smallest absolute Gasteiger partial charge is 0.252 e. The molecule has 0 aromatic carbocycles. The molecular weight excluding hydrogens is 270 g/mol. The number of pyridine rings is 1. The molecule has 0 bridgehead atoms. The van der Waals surface area contributed by atoms with Gasteiger partial charge in [-0.3, -0.25) is 14.8 Å². The van der Waals surface area contributed by atoms with Gasteiger partial charge < -0.3 is 21.1 Å². The monoisotopic (exact) mass is 291 g/mol. The fourth-order valence-electron chi connectivity index (χ4n) is 2.01. The molecule has 1 aliphatic rings. The Morgan fingerprint density at radius 2 is 2.33 bits per heavy atom. The molecule has 1 saturated heterocycles. The van der Waals surface area contributed by atoms with Crippen molar-refractivity contribution in [3.8, 4) is 0 Å². The van der Waals surface area contributed by atoms with Gasteiger partial charge in [0.1, 0.15) is 0 Å². The SMILES string of the molecule is NC(=NCC1CCCO1)NCCNC(=O)c1cccnc1. The zero-order valence-corrected chi connectivity index (χ0v) is 11.9. The third-order valence-corrected chi connectivity index (χ3v) is 3.13. The van der Waals surface area contributed by atoms with Crippen molar-refractivity contribution in [2.24, 2.45) is 10.7 Å². The Labute approximate surface area is 124 Å². The normalized spacial score (nSPS) is 18.5. The summed E-state index contributed by atoms with van der Waals surface area (Å²) in [7, 11) is 0. The maximum atomic E-state index is 11.7. The highest BCUT2D eigenvalue weighted by Crippen LogP contribution is 2.11. The van der Waals surface area contributed by atoms with E-state index in [1.807, 2.05) is 0 Å². The van der Waals surface area contributed by atoms with Crippen LogP contribution in [0.25, 0.3) is 0 Å². The van der Waals surface area contributed by atoms with Crippen LogP contribution in [0.2, 0.25) is 0 Å². The molecule has 0 saturated carbocycles. The van der Waals surface area contributed by atoms with Crippen LogP contribution in [0.4, 0.5) is 0 Å². The number of carbonyl (C=O) groups excluding carboxylic acids is 1. The van der Waals surface area contributed by atoms with E-state index in [9.17, 15) is 4.79 Å². The number of ether oxygens (including phenoxy) is 1. The number of guanidine groups is 1. The highest BCUT2D eigenvalue weighted by Gasteiger charge is 2.14. The lowest BCUT2D eigenvalue weighted by atomic mass is 10.2. The fraction of sp³-hybridized carbons (Fsp3) is 0.500. The second-order valence-electron chi connectivity index (χ2n) is 4.79. The minimum Gasteiger partial charge on any atom is -0.376 e. The van der Waals surface area contributed by atoms with Gasteiger partial charge in [0.25, 0.3) is 5.91 Å². The Kier molecular flexibility index (Phi) is 5.96. The minimum atomic E-state index is -0.153. The van der Waals surface area contributed by atoms with Gasteiger partial charge in [0.15, 0.2) is 5.96 Å². The van der Waals surface area contributed by atoms with E-state index in [0.29, 0.717) is 31.2 Å². The first-order chi connectivity index (χ1) is 10.3. The number of nitrogens with two attached hydrogens (primary N) is 1. The van der Waals surface area contributed by atoms with Crippen molar-refractivity contribution in [3.05, 3.63) is 30.1 Å². The molecule has 21 heavy (non-hydrogen) atoms. The third-order valence-electron chi connectivity index (χ3n) is 3.13. The number of amides is 1. The molecule has 2 rings (SSSR count). The Morgan fingerprint density at radius 3 is 3.05 bits per heavy atom. The van der Waals surface area contributed by atoms with E-state index in [-0.39, 0.29) is 12.0 Å². The van der Waals surface area contributed by atoms with E-state index < -0.39 is 0 Å². The molecule has 0 spiro atoms. The number of aromatic nitrogens is 1. The summed E-state index contributed by atoms with van der Waals surface area (Å²) in [5.74, 6) is 0.223. The number of rotatable bonds is 6. The van der Waals surface area contributed by atoms with E-state index in [1.54, 1.807) is 18.3 Å². The summed E-state index contributed by atoms with van der Waals surface area (Å²) in [6, 6.07) is 3.44. The van der Waals surface area contributed by atoms with E-state index in [4.69, 9.17) is 10.5 Å². The predicted molar refractivity (Wildman–Crippen MR) is 80.0 cm³/mol. The maximum absolute atomic E-state index is 11.7. The zero-order chi connectivity index (χ0) is 14.9. The highest BCUT2D eigenvalue weighted by atomic mass is 16.5. The fourth-order valence-corrected chi connectivity index (χ4v) is 2.01. The molecule has 1 aliphatic heterocycles. The van der Waals surface area contributed by atoms with Gasteiger partial charge in [0.05, 0.1) is 18.2 Å². The molecule has 1 fully saturated rings. The number of hydrogen-bond donors (Lipinski definition) is 3. The summed E-state index contributed by atoms with van der Waals surface area (Å²) >= 11 is 0. The van der Waals surface area contributed by atoms with Crippen molar-refractivity contribution in [1.82, 2.24) is 15.6 Å². The Morgan fingerprint density at radius 1 is 1.48 bits per heavy atom. The van der Waals surface area contributed by atoms with E-state index in [2.05, 4.69) is 20.6 Å². The van der Waals surface area contributed by atoms with Gasteiger partial charge in [-0.25, -0.2) is 0 Å². The van der Waals surface area contributed by atoms with Gasteiger partial charge in [-0.2, -0.15) is 0 Å². The standard InChI is InChI=1S/C14H21N5O2/c15-14(19-10-12-4-2-8-21-12)18-7-6-17-13(20)11-3-1-5-16-9-11/h1,3,5,9,12H,2,4,6-8,10H2,(H,17,20)(H3,15,18,19). The average molecular weight is 291 g/mol. The number of aliphatic imine (C=N–C) groups is 1. The average Bonchev–Trinajstić information content (AvgIpc) is 3.03. The van der Waals surface area contributed by atoms with Crippen LogP contribution in [-0.2, 0) is 4.74 Å². The van der Waals surface area contributed by atoms with Crippen molar-refractivity contribution < 1.29 is 9.53 Å². The largest absolute Gasteiger partial charge is 0.376 e. The molecule has 2 heterocycles. The van der Waals surface area contributed by atoms with Crippen molar-refractivity contribution in [2.75, 3.05) is 26.2 Å². The van der Waals surface area contributed by atoms with Crippen LogP contribution in [-0.4, -0.2) is 49.2 Å². The van der Waals surface area contributed by atoms with Crippen LogP contribution < -0.4 is 16.4 Å². The van der Waals surface area contributed by atoms with Crippen molar-refractivity contribution in [3.63, 3.8) is 0 Å². The molecule has 1 aromatic rings. The molecular formula is C14H21N5O2. The van der Waals surface area contributed by atoms with Gasteiger partial charge >= 0.3 is 0 Å². The van der Waals surface area contributed by atoms with Crippen LogP contribution in [0, 0.1) is 0 Å². The molecule has 1 amide bonds. The molecule has 1 atom stereocenters. The Hall–Kier alpha value is -2.15. The first kappa shape index (κ1) is 15.2. The molecule has 1 unspecified atom stereocenters. The van der Waals surface area contributed by atoms with Crippen LogP contribution in [0.5, 0.6) is 0 Å². The van der Waals surface area contributed by atoms with Crippen molar-refractivity contribution >= 4 is 11.9 Å². The second-order valence-corrected chi connectivity index (χ2v) is 4.79. The molecule has 4 N–H and O–H groups in total. The molecule has 7 nitrogen and oxygen atoms in total. The number of carbonyl (C=O) groups is 1. The van der Waals surface area contributed by atoms with Crippen LogP contribution in [0.3, 0.4) is 0 Å². The Bertz CT molecular complexity index is 472. The van der Waals surface area contributed by atoms with Crippen LogP contribution >= 0.6 is 0 Å². The molecule has 0 aliphatic carbocycles. The number of hydrogen-bond acceptors (Lipinski definition) is 4. The lowest BCUT2D eigenvalue weighted by Crippen LogP contribution is -2.38. The number of nitrogens with one attached hydrogen (secondary N) is 2. The van der Waals surface area contributed by atoms with Gasteiger partial charge in [-0.15, -0.1) is 0 Å². The summed E-state index contributed by atoms with van der Waals surface area (Å²) in [6.07, 6.45) is 5.48. The second kappa shape index (κ2) is 8.21.